The number of hydrogen-bond donors (Lipinski definition) is 2. The molecule has 0 spiro atoms. The van der Waals surface area contributed by atoms with Gasteiger partial charge in [-0.3, -0.25) is 4.79 Å². The number of nitrogens with zero attached hydrogens (tertiary/aromatic N) is 1. The molecular weight excluding hydrogens is 238 g/mol. The number of fused-ring (bicyclic) bond motifs is 1. The van der Waals surface area contributed by atoms with Crippen LogP contribution < -0.4 is 11.1 Å². The van der Waals surface area contributed by atoms with Crippen molar-refractivity contribution in [1.29, 1.82) is 0 Å². The molecule has 2 unspecified atom stereocenters. The number of carbonyl (C=O) groups excluding carboxylic acids is 1. The van der Waals surface area contributed by atoms with E-state index in [2.05, 4.69) is 36.0 Å². The number of amides is 1. The van der Waals surface area contributed by atoms with E-state index in [1.165, 1.54) is 11.3 Å². The van der Waals surface area contributed by atoms with Crippen molar-refractivity contribution in [3.63, 3.8) is 0 Å². The molecule has 1 aromatic heterocycles. The van der Waals surface area contributed by atoms with E-state index in [9.17, 15) is 4.79 Å². The van der Waals surface area contributed by atoms with Crippen LogP contribution in [0, 0.1) is 5.41 Å². The molecule has 0 radical (unpaired) electrons. The number of nitrogens with one attached hydrogen (secondary N) is 1. The van der Waals surface area contributed by atoms with Gasteiger partial charge in [-0.1, -0.05) is 13.8 Å². The molecule has 3 rings (SSSR count). The number of carbonyl (C=O) groups is 1. The van der Waals surface area contributed by atoms with Crippen LogP contribution in [-0.4, -0.2) is 17.0 Å². The van der Waals surface area contributed by atoms with E-state index in [4.69, 9.17) is 5.73 Å². The summed E-state index contributed by atoms with van der Waals surface area (Å²) in [5.41, 5.74) is 9.00. The third-order valence-electron chi connectivity index (χ3n) is 4.47. The SMILES string of the molecule is CC1(C)Cc2c(ccn2C2CCCNC2=O)C(N)C1. The first kappa shape index (κ1) is 12.7. The number of nitrogens with two attached hydrogens (primary N) is 1. The summed E-state index contributed by atoms with van der Waals surface area (Å²) >= 11 is 0. The summed E-state index contributed by atoms with van der Waals surface area (Å²) in [6.07, 6.45) is 6.07. The van der Waals surface area contributed by atoms with Gasteiger partial charge < -0.3 is 15.6 Å². The largest absolute Gasteiger partial charge is 0.354 e. The molecule has 1 amide bonds. The fourth-order valence-electron chi connectivity index (χ4n) is 3.57. The summed E-state index contributed by atoms with van der Waals surface area (Å²) < 4.78 is 2.17. The van der Waals surface area contributed by atoms with Crippen LogP contribution in [0.4, 0.5) is 0 Å². The number of piperidine rings is 1. The summed E-state index contributed by atoms with van der Waals surface area (Å²) in [7, 11) is 0. The third kappa shape index (κ3) is 2.18. The standard InChI is InChI=1S/C15H23N3O/c1-15(2)8-11(16)10-5-7-18(13(10)9-15)12-4-3-6-17-14(12)19/h5,7,11-12H,3-4,6,8-9,16H2,1-2H3,(H,17,19). The summed E-state index contributed by atoms with van der Waals surface area (Å²) in [4.78, 5) is 12.1. The van der Waals surface area contributed by atoms with Crippen LogP contribution >= 0.6 is 0 Å². The molecule has 104 valence electrons. The molecule has 4 heteroatoms. The van der Waals surface area contributed by atoms with Crippen molar-refractivity contribution in [2.45, 2.75) is 51.6 Å². The second-order valence-corrected chi connectivity index (χ2v) is 6.73. The molecule has 1 aromatic rings. The molecular formula is C15H23N3O. The van der Waals surface area contributed by atoms with Crippen molar-refractivity contribution < 1.29 is 4.79 Å². The van der Waals surface area contributed by atoms with E-state index < -0.39 is 0 Å². The summed E-state index contributed by atoms with van der Waals surface area (Å²) in [6, 6.07) is 2.17. The molecule has 19 heavy (non-hydrogen) atoms. The molecule has 2 atom stereocenters. The number of rotatable bonds is 1. The van der Waals surface area contributed by atoms with Gasteiger partial charge in [-0.25, -0.2) is 0 Å². The zero-order valence-electron chi connectivity index (χ0n) is 11.8. The molecule has 1 saturated heterocycles. The first-order chi connectivity index (χ1) is 8.98. The summed E-state index contributed by atoms with van der Waals surface area (Å²) in [6.45, 7) is 5.33. The molecule has 2 heterocycles. The summed E-state index contributed by atoms with van der Waals surface area (Å²) in [5, 5.41) is 2.97. The maximum Gasteiger partial charge on any atom is 0.243 e. The quantitative estimate of drug-likeness (QED) is 0.811. The van der Waals surface area contributed by atoms with Crippen molar-refractivity contribution in [2.24, 2.45) is 11.1 Å². The van der Waals surface area contributed by atoms with Gasteiger partial charge in [-0.15, -0.1) is 0 Å². The maximum atomic E-state index is 12.1. The molecule has 0 aromatic carbocycles. The maximum absolute atomic E-state index is 12.1. The zero-order chi connectivity index (χ0) is 13.6. The van der Waals surface area contributed by atoms with Crippen LogP contribution in [0.3, 0.4) is 0 Å². The molecule has 1 aliphatic heterocycles. The first-order valence-electron chi connectivity index (χ1n) is 7.21. The van der Waals surface area contributed by atoms with Crippen LogP contribution in [0.25, 0.3) is 0 Å². The van der Waals surface area contributed by atoms with Crippen molar-refractivity contribution in [3.05, 3.63) is 23.5 Å². The second kappa shape index (κ2) is 4.37. The fourth-order valence-corrected chi connectivity index (χ4v) is 3.57. The first-order valence-corrected chi connectivity index (χ1v) is 7.21. The van der Waals surface area contributed by atoms with Crippen molar-refractivity contribution >= 4 is 5.91 Å². The monoisotopic (exact) mass is 261 g/mol. The molecule has 0 saturated carbocycles. The number of hydrogen-bond acceptors (Lipinski definition) is 2. The van der Waals surface area contributed by atoms with Crippen LogP contribution in [0.15, 0.2) is 12.3 Å². The Kier molecular flexibility index (Phi) is 2.93. The van der Waals surface area contributed by atoms with E-state index in [-0.39, 0.29) is 23.4 Å². The Hall–Kier alpha value is -1.29. The minimum absolute atomic E-state index is 0.0430. The fraction of sp³-hybridized carbons (Fsp3) is 0.667. The van der Waals surface area contributed by atoms with Gasteiger partial charge in [0.1, 0.15) is 6.04 Å². The van der Waals surface area contributed by atoms with E-state index in [0.717, 1.165) is 32.2 Å². The average Bonchev–Trinajstić information content (AvgIpc) is 2.72. The van der Waals surface area contributed by atoms with Crippen molar-refractivity contribution in [2.75, 3.05) is 6.54 Å². The van der Waals surface area contributed by atoms with Gasteiger partial charge in [0.25, 0.3) is 0 Å². The highest BCUT2D eigenvalue weighted by Crippen LogP contribution is 2.41. The third-order valence-corrected chi connectivity index (χ3v) is 4.47. The van der Waals surface area contributed by atoms with Crippen LogP contribution in [0.1, 0.15) is 56.5 Å². The van der Waals surface area contributed by atoms with Crippen LogP contribution in [0.2, 0.25) is 0 Å². The minimum Gasteiger partial charge on any atom is -0.354 e. The second-order valence-electron chi connectivity index (χ2n) is 6.73. The van der Waals surface area contributed by atoms with Crippen molar-refractivity contribution in [3.8, 4) is 0 Å². The van der Waals surface area contributed by atoms with Gasteiger partial charge in [-0.2, -0.15) is 0 Å². The molecule has 2 aliphatic rings. The van der Waals surface area contributed by atoms with Crippen molar-refractivity contribution in [1.82, 2.24) is 9.88 Å². The van der Waals surface area contributed by atoms with Crippen LogP contribution in [-0.2, 0) is 11.2 Å². The molecule has 1 aliphatic carbocycles. The highest BCUT2D eigenvalue weighted by Gasteiger charge is 2.35. The summed E-state index contributed by atoms with van der Waals surface area (Å²) in [5.74, 6) is 0.154. The average molecular weight is 261 g/mol. The molecule has 3 N–H and O–H groups in total. The number of aromatic nitrogens is 1. The predicted octanol–water partition coefficient (Wildman–Crippen LogP) is 1.91. The van der Waals surface area contributed by atoms with E-state index >= 15 is 0 Å². The Balaban J connectivity index is 1.98. The Morgan fingerprint density at radius 3 is 3.00 bits per heavy atom. The Morgan fingerprint density at radius 1 is 1.47 bits per heavy atom. The van der Waals surface area contributed by atoms with E-state index in [0.29, 0.717) is 0 Å². The van der Waals surface area contributed by atoms with E-state index in [1.807, 2.05) is 0 Å². The highest BCUT2D eigenvalue weighted by atomic mass is 16.2. The lowest BCUT2D eigenvalue weighted by Crippen LogP contribution is -2.39. The lowest BCUT2D eigenvalue weighted by molar-refractivity contribution is -0.125. The Morgan fingerprint density at radius 2 is 2.26 bits per heavy atom. The van der Waals surface area contributed by atoms with Gasteiger partial charge in [0.05, 0.1) is 0 Å². The van der Waals surface area contributed by atoms with E-state index in [1.54, 1.807) is 0 Å². The van der Waals surface area contributed by atoms with Gasteiger partial charge in [-0.05, 0) is 42.7 Å². The predicted molar refractivity (Wildman–Crippen MR) is 74.7 cm³/mol. The zero-order valence-corrected chi connectivity index (χ0v) is 11.8. The lowest BCUT2D eigenvalue weighted by Gasteiger charge is -2.36. The molecule has 1 fully saturated rings. The van der Waals surface area contributed by atoms with Gasteiger partial charge in [0.2, 0.25) is 5.91 Å². The normalized spacial score (nSPS) is 29.7. The lowest BCUT2D eigenvalue weighted by atomic mass is 9.74. The molecule has 0 bridgehead atoms. The molecule has 4 nitrogen and oxygen atoms in total. The van der Waals surface area contributed by atoms with Gasteiger partial charge in [0.15, 0.2) is 0 Å². The van der Waals surface area contributed by atoms with Gasteiger partial charge >= 0.3 is 0 Å². The topological polar surface area (TPSA) is 60.0 Å². The Labute approximate surface area is 114 Å². The highest BCUT2D eigenvalue weighted by molar-refractivity contribution is 5.81. The van der Waals surface area contributed by atoms with Crippen LogP contribution in [0.5, 0.6) is 0 Å². The van der Waals surface area contributed by atoms with Gasteiger partial charge in [0, 0.05) is 24.5 Å². The Bertz CT molecular complexity index is 503. The minimum atomic E-state index is -0.0430. The smallest absolute Gasteiger partial charge is 0.243 e.